The Kier molecular flexibility index (Phi) is 3.19. The molecule has 1 rings (SSSR count). The zero-order valence-electron chi connectivity index (χ0n) is 7.58. The summed E-state index contributed by atoms with van der Waals surface area (Å²) in [4.78, 5) is 11.9. The SMILES string of the molecule is CCC=Nc1c(C)nc(Cl)nc1N. The lowest BCUT2D eigenvalue weighted by Crippen LogP contribution is -1.96. The predicted octanol–water partition coefficient (Wildman–Crippen LogP) is 2.13. The van der Waals surface area contributed by atoms with Crippen molar-refractivity contribution in [2.45, 2.75) is 20.3 Å². The van der Waals surface area contributed by atoms with E-state index in [0.29, 0.717) is 17.2 Å². The van der Waals surface area contributed by atoms with E-state index >= 15 is 0 Å². The minimum Gasteiger partial charge on any atom is -0.382 e. The first-order valence-electron chi connectivity index (χ1n) is 3.97. The van der Waals surface area contributed by atoms with Gasteiger partial charge in [0.25, 0.3) is 0 Å². The second-order valence-electron chi connectivity index (χ2n) is 2.53. The summed E-state index contributed by atoms with van der Waals surface area (Å²) in [6.07, 6.45) is 2.61. The number of hydrogen-bond acceptors (Lipinski definition) is 4. The third-order valence-corrected chi connectivity index (χ3v) is 1.63. The highest BCUT2D eigenvalue weighted by Gasteiger charge is 2.05. The Morgan fingerprint density at radius 1 is 1.54 bits per heavy atom. The van der Waals surface area contributed by atoms with Crippen molar-refractivity contribution >= 4 is 29.3 Å². The van der Waals surface area contributed by atoms with E-state index in [4.69, 9.17) is 17.3 Å². The smallest absolute Gasteiger partial charge is 0.224 e. The first kappa shape index (κ1) is 9.92. The zero-order valence-corrected chi connectivity index (χ0v) is 8.34. The third kappa shape index (κ3) is 2.39. The average molecular weight is 199 g/mol. The first-order valence-corrected chi connectivity index (χ1v) is 4.35. The molecule has 0 aliphatic carbocycles. The van der Waals surface area contributed by atoms with Gasteiger partial charge in [-0.25, -0.2) is 4.98 Å². The molecule has 0 fully saturated rings. The predicted molar refractivity (Wildman–Crippen MR) is 54.6 cm³/mol. The molecule has 13 heavy (non-hydrogen) atoms. The number of aryl methyl sites for hydroxylation is 1. The molecule has 0 saturated carbocycles. The van der Waals surface area contributed by atoms with Crippen LogP contribution in [0.1, 0.15) is 19.0 Å². The average Bonchev–Trinajstić information content (AvgIpc) is 2.02. The van der Waals surface area contributed by atoms with E-state index in [1.54, 1.807) is 13.1 Å². The molecule has 0 saturated heterocycles. The van der Waals surface area contributed by atoms with Crippen LogP contribution in [-0.2, 0) is 0 Å². The van der Waals surface area contributed by atoms with E-state index in [9.17, 15) is 0 Å². The minimum absolute atomic E-state index is 0.158. The summed E-state index contributed by atoms with van der Waals surface area (Å²) in [5.41, 5.74) is 6.91. The van der Waals surface area contributed by atoms with Gasteiger partial charge in [-0.3, -0.25) is 4.99 Å². The maximum absolute atomic E-state index is 5.61. The first-order chi connectivity index (χ1) is 6.15. The van der Waals surface area contributed by atoms with Crippen molar-refractivity contribution in [3.63, 3.8) is 0 Å². The van der Waals surface area contributed by atoms with Crippen LogP contribution in [0.3, 0.4) is 0 Å². The van der Waals surface area contributed by atoms with E-state index in [-0.39, 0.29) is 5.28 Å². The van der Waals surface area contributed by atoms with Gasteiger partial charge >= 0.3 is 0 Å². The molecule has 0 radical (unpaired) electrons. The summed E-state index contributed by atoms with van der Waals surface area (Å²) in [7, 11) is 0. The van der Waals surface area contributed by atoms with Crippen LogP contribution in [-0.4, -0.2) is 16.2 Å². The molecule has 1 aromatic rings. The van der Waals surface area contributed by atoms with Crippen LogP contribution >= 0.6 is 11.6 Å². The van der Waals surface area contributed by atoms with Crippen LogP contribution in [0.5, 0.6) is 0 Å². The van der Waals surface area contributed by atoms with Crippen LogP contribution in [0.2, 0.25) is 5.28 Å². The highest BCUT2D eigenvalue weighted by Crippen LogP contribution is 2.23. The molecule has 0 amide bonds. The van der Waals surface area contributed by atoms with Crippen LogP contribution in [0, 0.1) is 6.92 Å². The van der Waals surface area contributed by atoms with E-state index in [1.807, 2.05) is 6.92 Å². The van der Waals surface area contributed by atoms with Crippen molar-refractivity contribution in [3.05, 3.63) is 11.0 Å². The minimum atomic E-state index is 0.158. The summed E-state index contributed by atoms with van der Waals surface area (Å²) in [5.74, 6) is 0.321. The summed E-state index contributed by atoms with van der Waals surface area (Å²) >= 11 is 5.60. The van der Waals surface area contributed by atoms with Gasteiger partial charge in [0.15, 0.2) is 5.82 Å². The fourth-order valence-electron chi connectivity index (χ4n) is 0.896. The Balaban J connectivity index is 3.13. The Bertz CT molecular complexity index is 312. The van der Waals surface area contributed by atoms with Gasteiger partial charge in [-0.15, -0.1) is 0 Å². The van der Waals surface area contributed by atoms with Gasteiger partial charge in [0.1, 0.15) is 5.69 Å². The second kappa shape index (κ2) is 4.18. The normalized spacial score (nSPS) is 11.0. The molecular formula is C8H11ClN4. The zero-order chi connectivity index (χ0) is 9.84. The molecule has 0 atom stereocenters. The number of rotatable bonds is 2. The third-order valence-electron chi connectivity index (χ3n) is 1.46. The molecule has 1 aromatic heterocycles. The highest BCUT2D eigenvalue weighted by atomic mass is 35.5. The van der Waals surface area contributed by atoms with Crippen LogP contribution in [0.25, 0.3) is 0 Å². The number of hydrogen-bond donors (Lipinski definition) is 1. The maximum Gasteiger partial charge on any atom is 0.224 e. The molecule has 0 unspecified atom stereocenters. The summed E-state index contributed by atoms with van der Waals surface area (Å²) < 4.78 is 0. The highest BCUT2D eigenvalue weighted by molar-refractivity contribution is 6.28. The van der Waals surface area contributed by atoms with E-state index in [1.165, 1.54) is 0 Å². The van der Waals surface area contributed by atoms with Crippen molar-refractivity contribution in [2.75, 3.05) is 5.73 Å². The maximum atomic E-state index is 5.61. The number of nitrogen functional groups attached to an aromatic ring is 1. The Hall–Kier alpha value is -1.16. The van der Waals surface area contributed by atoms with Gasteiger partial charge in [-0.05, 0) is 24.9 Å². The lowest BCUT2D eigenvalue weighted by atomic mass is 10.3. The molecule has 0 bridgehead atoms. The van der Waals surface area contributed by atoms with Gasteiger partial charge in [0.2, 0.25) is 5.28 Å². The van der Waals surface area contributed by atoms with Gasteiger partial charge in [0, 0.05) is 6.21 Å². The number of anilines is 1. The number of nitrogens with zero attached hydrogens (tertiary/aromatic N) is 3. The monoisotopic (exact) mass is 198 g/mol. The second-order valence-corrected chi connectivity index (χ2v) is 2.87. The standard InChI is InChI=1S/C8H11ClN4/c1-3-4-11-6-5(2)12-8(9)13-7(6)10/h4H,3H2,1-2H3,(H2,10,12,13). The molecule has 0 aliphatic rings. The Morgan fingerprint density at radius 2 is 2.23 bits per heavy atom. The number of aliphatic imine (C=N–C) groups is 1. The van der Waals surface area contributed by atoms with Gasteiger partial charge < -0.3 is 5.73 Å². The molecule has 0 spiro atoms. The van der Waals surface area contributed by atoms with E-state index < -0.39 is 0 Å². The van der Waals surface area contributed by atoms with Crippen molar-refractivity contribution in [1.29, 1.82) is 0 Å². The van der Waals surface area contributed by atoms with Crippen molar-refractivity contribution in [3.8, 4) is 0 Å². The van der Waals surface area contributed by atoms with Crippen molar-refractivity contribution in [1.82, 2.24) is 9.97 Å². The molecule has 5 heteroatoms. The molecule has 70 valence electrons. The van der Waals surface area contributed by atoms with E-state index in [2.05, 4.69) is 15.0 Å². The van der Waals surface area contributed by atoms with E-state index in [0.717, 1.165) is 6.42 Å². The molecule has 4 nitrogen and oxygen atoms in total. The Morgan fingerprint density at radius 3 is 2.77 bits per heavy atom. The summed E-state index contributed by atoms with van der Waals surface area (Å²) in [6, 6.07) is 0. The van der Waals surface area contributed by atoms with Gasteiger partial charge in [-0.2, -0.15) is 4.98 Å². The van der Waals surface area contributed by atoms with Crippen molar-refractivity contribution < 1.29 is 0 Å². The molecular weight excluding hydrogens is 188 g/mol. The topological polar surface area (TPSA) is 64.2 Å². The molecule has 1 heterocycles. The lowest BCUT2D eigenvalue weighted by molar-refractivity contribution is 1.10. The van der Waals surface area contributed by atoms with Gasteiger partial charge in [0.05, 0.1) is 5.69 Å². The van der Waals surface area contributed by atoms with Crippen molar-refractivity contribution in [2.24, 2.45) is 4.99 Å². The lowest BCUT2D eigenvalue weighted by Gasteiger charge is -2.02. The van der Waals surface area contributed by atoms with Crippen LogP contribution in [0.4, 0.5) is 11.5 Å². The van der Waals surface area contributed by atoms with Crippen LogP contribution in [0.15, 0.2) is 4.99 Å². The van der Waals surface area contributed by atoms with Crippen LogP contribution < -0.4 is 5.73 Å². The summed E-state index contributed by atoms with van der Waals surface area (Å²) in [5, 5.41) is 0.158. The fraction of sp³-hybridized carbons (Fsp3) is 0.375. The summed E-state index contributed by atoms with van der Waals surface area (Å²) in [6.45, 7) is 3.79. The molecule has 0 aromatic carbocycles. The quantitative estimate of drug-likeness (QED) is 0.585. The van der Waals surface area contributed by atoms with Gasteiger partial charge in [-0.1, -0.05) is 6.92 Å². The molecule has 0 aliphatic heterocycles. The number of nitrogens with two attached hydrogens (primary N) is 1. The Labute approximate surface area is 81.9 Å². The fourth-order valence-corrected chi connectivity index (χ4v) is 1.11. The largest absolute Gasteiger partial charge is 0.382 e. The number of aromatic nitrogens is 2. The molecule has 2 N–H and O–H groups in total. The number of halogens is 1.